The minimum atomic E-state index is -0.0390. The van der Waals surface area contributed by atoms with E-state index >= 15 is 0 Å². The number of phenolic OH excluding ortho intramolecular Hbond substituents is 1. The monoisotopic (exact) mass is 418 g/mol. The van der Waals surface area contributed by atoms with Gasteiger partial charge in [0.05, 0.1) is 23.9 Å². The first-order valence-electron chi connectivity index (χ1n) is 8.60. The molecule has 1 aliphatic heterocycles. The van der Waals surface area contributed by atoms with Gasteiger partial charge in [0.25, 0.3) is 0 Å². The summed E-state index contributed by atoms with van der Waals surface area (Å²) in [5, 5.41) is 18.6. The standard InChI is InChI=1S/C17H24Cl2N4O2S/c1-2-15(13-10-12(18)11-14(19)16(13)24)21-22-17(26)20-4-3-5-23-6-8-25-9-7-23/h10-11,24H,2-9H2,1H3,(H2,20,22,26)/b21-15+. The zero-order valence-corrected chi connectivity index (χ0v) is 17.1. The summed E-state index contributed by atoms with van der Waals surface area (Å²) in [5.41, 5.74) is 3.92. The molecule has 0 radical (unpaired) electrons. The van der Waals surface area contributed by atoms with Crippen LogP contribution < -0.4 is 10.7 Å². The third-order valence-electron chi connectivity index (χ3n) is 4.01. The van der Waals surface area contributed by atoms with Crippen LogP contribution in [0.2, 0.25) is 10.0 Å². The Kier molecular flexibility index (Phi) is 8.87. The summed E-state index contributed by atoms with van der Waals surface area (Å²) >= 11 is 17.2. The Hall–Kier alpha value is -1.12. The van der Waals surface area contributed by atoms with Gasteiger partial charge in [0.1, 0.15) is 5.75 Å². The molecule has 6 nitrogen and oxygen atoms in total. The molecule has 1 aliphatic rings. The van der Waals surface area contributed by atoms with Crippen LogP contribution in [0.4, 0.5) is 0 Å². The molecule has 144 valence electrons. The number of nitrogens with one attached hydrogen (secondary N) is 2. The highest BCUT2D eigenvalue weighted by Gasteiger charge is 2.13. The van der Waals surface area contributed by atoms with E-state index in [9.17, 15) is 5.11 Å². The molecule has 1 aromatic carbocycles. The molecular formula is C17H24Cl2N4O2S. The summed E-state index contributed by atoms with van der Waals surface area (Å²) in [7, 11) is 0. The molecule has 3 N–H and O–H groups in total. The molecule has 2 rings (SSSR count). The third kappa shape index (κ3) is 6.55. The molecule has 1 aromatic rings. The summed E-state index contributed by atoms with van der Waals surface area (Å²) in [6.07, 6.45) is 1.56. The maximum Gasteiger partial charge on any atom is 0.186 e. The van der Waals surface area contributed by atoms with Gasteiger partial charge in [-0.25, -0.2) is 0 Å². The second-order valence-corrected chi connectivity index (χ2v) is 7.12. The SMILES string of the molecule is CC/C(=N\NC(=S)NCCCN1CCOCC1)c1cc(Cl)cc(Cl)c1O. The first-order chi connectivity index (χ1) is 12.5. The van der Waals surface area contributed by atoms with E-state index in [0.29, 0.717) is 27.8 Å². The molecule has 1 heterocycles. The van der Waals surface area contributed by atoms with Crippen molar-refractivity contribution in [2.75, 3.05) is 39.4 Å². The van der Waals surface area contributed by atoms with E-state index in [1.807, 2.05) is 6.92 Å². The van der Waals surface area contributed by atoms with Crippen LogP contribution in [0, 0.1) is 0 Å². The number of nitrogens with zero attached hydrogens (tertiary/aromatic N) is 2. The normalized spacial score (nSPS) is 15.7. The van der Waals surface area contributed by atoms with E-state index in [0.717, 1.165) is 45.8 Å². The Morgan fingerprint density at radius 3 is 2.77 bits per heavy atom. The largest absolute Gasteiger partial charge is 0.506 e. The highest BCUT2D eigenvalue weighted by Crippen LogP contribution is 2.32. The van der Waals surface area contributed by atoms with Gasteiger partial charge < -0.3 is 15.2 Å². The van der Waals surface area contributed by atoms with Crippen molar-refractivity contribution in [2.45, 2.75) is 19.8 Å². The van der Waals surface area contributed by atoms with Gasteiger partial charge in [-0.05, 0) is 43.7 Å². The fraction of sp³-hybridized carbons (Fsp3) is 0.529. The maximum absolute atomic E-state index is 10.1. The average Bonchev–Trinajstić information content (AvgIpc) is 2.64. The highest BCUT2D eigenvalue weighted by molar-refractivity contribution is 7.80. The molecule has 0 aromatic heterocycles. The van der Waals surface area contributed by atoms with Crippen LogP contribution in [0.15, 0.2) is 17.2 Å². The van der Waals surface area contributed by atoms with Crippen LogP contribution in [0.25, 0.3) is 0 Å². The number of ether oxygens (including phenoxy) is 1. The first kappa shape index (κ1) is 21.2. The smallest absolute Gasteiger partial charge is 0.186 e. The molecule has 1 fully saturated rings. The highest BCUT2D eigenvalue weighted by atomic mass is 35.5. The van der Waals surface area contributed by atoms with Gasteiger partial charge in [0.2, 0.25) is 0 Å². The lowest BCUT2D eigenvalue weighted by Crippen LogP contribution is -2.39. The molecule has 0 atom stereocenters. The van der Waals surface area contributed by atoms with Crippen LogP contribution in [-0.2, 0) is 4.74 Å². The molecule has 0 spiro atoms. The Morgan fingerprint density at radius 1 is 1.35 bits per heavy atom. The molecule has 1 saturated heterocycles. The lowest BCUT2D eigenvalue weighted by atomic mass is 10.1. The van der Waals surface area contributed by atoms with Crippen LogP contribution >= 0.6 is 35.4 Å². The number of phenols is 1. The summed E-state index contributed by atoms with van der Waals surface area (Å²) in [6, 6.07) is 3.12. The minimum Gasteiger partial charge on any atom is -0.506 e. The topological polar surface area (TPSA) is 69.1 Å². The van der Waals surface area contributed by atoms with Crippen molar-refractivity contribution in [3.63, 3.8) is 0 Å². The Balaban J connectivity index is 1.81. The number of morpholine rings is 1. The number of hydrogen-bond donors (Lipinski definition) is 3. The molecule has 0 saturated carbocycles. The van der Waals surface area contributed by atoms with Gasteiger partial charge in [0, 0.05) is 30.2 Å². The van der Waals surface area contributed by atoms with Gasteiger partial charge in [-0.3, -0.25) is 10.3 Å². The van der Waals surface area contributed by atoms with E-state index < -0.39 is 0 Å². The van der Waals surface area contributed by atoms with E-state index in [2.05, 4.69) is 20.7 Å². The van der Waals surface area contributed by atoms with Gasteiger partial charge in [-0.2, -0.15) is 5.10 Å². The second kappa shape index (κ2) is 10.9. The predicted octanol–water partition coefficient (Wildman–Crippen LogP) is 3.00. The number of thiocarbonyl (C=S) groups is 1. The summed E-state index contributed by atoms with van der Waals surface area (Å²) < 4.78 is 5.33. The summed E-state index contributed by atoms with van der Waals surface area (Å²) in [5.74, 6) is -0.0390. The van der Waals surface area contributed by atoms with Crippen LogP contribution in [0.5, 0.6) is 5.75 Å². The lowest BCUT2D eigenvalue weighted by molar-refractivity contribution is 0.0376. The van der Waals surface area contributed by atoms with Gasteiger partial charge in [-0.15, -0.1) is 0 Å². The van der Waals surface area contributed by atoms with Crippen LogP contribution in [0.1, 0.15) is 25.3 Å². The molecule has 9 heteroatoms. The molecular weight excluding hydrogens is 395 g/mol. The molecule has 0 unspecified atom stereocenters. The van der Waals surface area contributed by atoms with E-state index in [1.54, 1.807) is 6.07 Å². The quantitative estimate of drug-likeness (QED) is 0.273. The number of halogens is 2. The van der Waals surface area contributed by atoms with Crippen molar-refractivity contribution in [1.82, 2.24) is 15.6 Å². The Morgan fingerprint density at radius 2 is 2.08 bits per heavy atom. The van der Waals surface area contributed by atoms with Gasteiger partial charge in [0.15, 0.2) is 5.11 Å². The molecule has 0 amide bonds. The third-order valence-corrected chi connectivity index (χ3v) is 4.75. The zero-order valence-electron chi connectivity index (χ0n) is 14.7. The van der Waals surface area contributed by atoms with Crippen molar-refractivity contribution in [1.29, 1.82) is 0 Å². The fourth-order valence-corrected chi connectivity index (χ4v) is 3.24. The average molecular weight is 419 g/mol. The number of benzene rings is 1. The Labute approximate surface area is 169 Å². The number of rotatable bonds is 7. The van der Waals surface area contributed by atoms with Crippen molar-refractivity contribution in [3.8, 4) is 5.75 Å². The van der Waals surface area contributed by atoms with Crippen LogP contribution in [-0.4, -0.2) is 60.2 Å². The van der Waals surface area contributed by atoms with Crippen molar-refractivity contribution < 1.29 is 9.84 Å². The van der Waals surface area contributed by atoms with Gasteiger partial charge in [-0.1, -0.05) is 30.1 Å². The zero-order chi connectivity index (χ0) is 18.9. The lowest BCUT2D eigenvalue weighted by Gasteiger charge is -2.26. The number of hydrazone groups is 1. The van der Waals surface area contributed by atoms with Crippen LogP contribution in [0.3, 0.4) is 0 Å². The predicted molar refractivity (Wildman–Crippen MR) is 111 cm³/mol. The van der Waals surface area contributed by atoms with Crippen molar-refractivity contribution >= 4 is 46.2 Å². The van der Waals surface area contributed by atoms with E-state index in [1.165, 1.54) is 6.07 Å². The number of aromatic hydroxyl groups is 1. The maximum atomic E-state index is 10.1. The Bertz CT molecular complexity index is 652. The van der Waals surface area contributed by atoms with E-state index in [4.69, 9.17) is 40.2 Å². The van der Waals surface area contributed by atoms with Crippen molar-refractivity contribution in [2.24, 2.45) is 5.10 Å². The van der Waals surface area contributed by atoms with Gasteiger partial charge >= 0.3 is 0 Å². The fourth-order valence-electron chi connectivity index (χ4n) is 2.60. The minimum absolute atomic E-state index is 0.0390. The van der Waals surface area contributed by atoms with E-state index in [-0.39, 0.29) is 10.8 Å². The second-order valence-electron chi connectivity index (χ2n) is 5.87. The molecule has 26 heavy (non-hydrogen) atoms. The molecule has 0 bridgehead atoms. The summed E-state index contributed by atoms with van der Waals surface area (Å²) in [6.45, 7) is 7.28. The number of hydrogen-bond acceptors (Lipinski definition) is 5. The molecule has 0 aliphatic carbocycles. The first-order valence-corrected chi connectivity index (χ1v) is 9.76. The van der Waals surface area contributed by atoms with Crippen molar-refractivity contribution in [3.05, 3.63) is 27.7 Å². The summed E-state index contributed by atoms with van der Waals surface area (Å²) in [4.78, 5) is 2.38.